The highest BCUT2D eigenvalue weighted by Gasteiger charge is 2.37. The zero-order chi connectivity index (χ0) is 17.7. The summed E-state index contributed by atoms with van der Waals surface area (Å²) in [7, 11) is 0. The topological polar surface area (TPSA) is 68.2 Å². The Kier molecular flexibility index (Phi) is 3.93. The lowest BCUT2D eigenvalue weighted by molar-refractivity contribution is -0.123. The monoisotopic (exact) mass is 330 g/mol. The van der Waals surface area contributed by atoms with Crippen molar-refractivity contribution in [3.63, 3.8) is 0 Å². The van der Waals surface area contributed by atoms with E-state index in [1.807, 2.05) is 13.8 Å². The number of hydrogen-bond acceptors (Lipinski definition) is 3. The number of nitrogens with one attached hydrogen (secondary N) is 1. The molecule has 1 amide bonds. The summed E-state index contributed by atoms with van der Waals surface area (Å²) in [5, 5.41) is 3.00. The highest BCUT2D eigenvalue weighted by Crippen LogP contribution is 2.34. The third-order valence-electron chi connectivity index (χ3n) is 5.17. The van der Waals surface area contributed by atoms with Gasteiger partial charge in [-0.2, -0.15) is 0 Å². The third kappa shape index (κ3) is 3.17. The lowest BCUT2D eigenvalue weighted by atomic mass is 9.75. The van der Waals surface area contributed by atoms with Crippen LogP contribution in [0, 0.1) is 11.3 Å². The second kappa shape index (κ2) is 5.57. The molecule has 1 saturated heterocycles. The highest BCUT2D eigenvalue weighted by molar-refractivity contribution is 5.98. The van der Waals surface area contributed by atoms with Crippen molar-refractivity contribution in [3.8, 4) is 0 Å². The van der Waals surface area contributed by atoms with Crippen molar-refractivity contribution in [1.82, 2.24) is 9.88 Å². The summed E-state index contributed by atoms with van der Waals surface area (Å²) >= 11 is 0. The van der Waals surface area contributed by atoms with Gasteiger partial charge in [-0.3, -0.25) is 14.4 Å². The molecular weight excluding hydrogens is 304 g/mol. The molecule has 1 fully saturated rings. The highest BCUT2D eigenvalue weighted by atomic mass is 16.2. The minimum Gasteiger partial charge on any atom is -0.351 e. The lowest BCUT2D eigenvalue weighted by Gasteiger charge is -2.32. The number of rotatable bonds is 3. The van der Waals surface area contributed by atoms with Gasteiger partial charge in [-0.25, -0.2) is 0 Å². The van der Waals surface area contributed by atoms with Gasteiger partial charge in [-0.05, 0) is 44.6 Å². The van der Waals surface area contributed by atoms with E-state index in [4.69, 9.17) is 0 Å². The number of pyridine rings is 1. The van der Waals surface area contributed by atoms with Gasteiger partial charge >= 0.3 is 0 Å². The molecule has 0 saturated carbocycles. The van der Waals surface area contributed by atoms with Gasteiger partial charge in [0.1, 0.15) is 0 Å². The fraction of sp³-hybridized carbons (Fsp3) is 0.632. The zero-order valence-electron chi connectivity index (χ0n) is 14.9. The molecule has 130 valence electrons. The molecule has 3 rings (SSSR count). The summed E-state index contributed by atoms with van der Waals surface area (Å²) in [4.78, 5) is 36.8. The molecule has 1 N–H and O–H groups in total. The van der Waals surface area contributed by atoms with Crippen LogP contribution in [-0.2, 0) is 17.8 Å². The Morgan fingerprint density at radius 2 is 1.83 bits per heavy atom. The van der Waals surface area contributed by atoms with E-state index in [2.05, 4.69) is 19.2 Å². The first-order chi connectivity index (χ1) is 11.1. The van der Waals surface area contributed by atoms with Gasteiger partial charge in [0.05, 0.1) is 0 Å². The molecule has 0 radical (unpaired) electrons. The molecule has 0 bridgehead atoms. The fourth-order valence-corrected chi connectivity index (χ4v) is 4.07. The van der Waals surface area contributed by atoms with Gasteiger partial charge in [0.15, 0.2) is 5.78 Å². The van der Waals surface area contributed by atoms with Crippen LogP contribution in [0.1, 0.15) is 63.0 Å². The van der Waals surface area contributed by atoms with E-state index in [1.165, 1.54) is 6.07 Å². The van der Waals surface area contributed by atoms with Crippen LogP contribution >= 0.6 is 0 Å². The predicted octanol–water partition coefficient (Wildman–Crippen LogP) is 2.31. The smallest absolute Gasteiger partial charge is 0.250 e. The van der Waals surface area contributed by atoms with Crippen molar-refractivity contribution in [2.75, 3.05) is 0 Å². The molecule has 1 aliphatic heterocycles. The van der Waals surface area contributed by atoms with Crippen LogP contribution in [0.25, 0.3) is 0 Å². The zero-order valence-corrected chi connectivity index (χ0v) is 14.9. The van der Waals surface area contributed by atoms with Gasteiger partial charge in [0, 0.05) is 41.7 Å². The average molecular weight is 330 g/mol. The van der Waals surface area contributed by atoms with E-state index in [9.17, 15) is 14.4 Å². The minimum absolute atomic E-state index is 0.0641. The van der Waals surface area contributed by atoms with Crippen molar-refractivity contribution in [2.24, 2.45) is 11.3 Å². The van der Waals surface area contributed by atoms with Crippen LogP contribution < -0.4 is 10.9 Å². The number of fused-ring (bicyclic) bond motifs is 1. The van der Waals surface area contributed by atoms with Crippen molar-refractivity contribution in [1.29, 1.82) is 0 Å². The maximum absolute atomic E-state index is 12.4. The largest absolute Gasteiger partial charge is 0.351 e. The normalized spacial score (nSPS) is 24.6. The van der Waals surface area contributed by atoms with Crippen LogP contribution in [0.15, 0.2) is 16.9 Å². The molecule has 1 atom stereocenters. The molecule has 1 aromatic heterocycles. The number of carbonyl (C=O) groups is 2. The molecule has 24 heavy (non-hydrogen) atoms. The summed E-state index contributed by atoms with van der Waals surface area (Å²) in [6.45, 7) is 8.63. The minimum atomic E-state index is -0.180. The number of ketones is 1. The number of Topliss-reactive ketones (excluding diaryl/α,β-unsaturated/α-hetero) is 1. The summed E-state index contributed by atoms with van der Waals surface area (Å²) in [5.74, 6) is 0.0963. The average Bonchev–Trinajstić information content (AvgIpc) is 2.69. The molecule has 1 unspecified atom stereocenters. The molecular formula is C19H26N2O3. The van der Waals surface area contributed by atoms with E-state index in [0.29, 0.717) is 31.4 Å². The van der Waals surface area contributed by atoms with E-state index >= 15 is 0 Å². The second-order valence-corrected chi connectivity index (χ2v) is 8.69. The number of hydrogen-bond donors (Lipinski definition) is 1. The summed E-state index contributed by atoms with van der Waals surface area (Å²) in [5.41, 5.74) is 1.11. The Labute approximate surface area is 142 Å². The van der Waals surface area contributed by atoms with E-state index < -0.39 is 0 Å². The SMILES string of the molecule is CC1(C)CC(=O)c2ccc(=O)n(CCC3CC(C)(C)NC3=O)c2C1. The number of nitrogens with zero attached hydrogens (tertiary/aromatic N) is 1. The predicted molar refractivity (Wildman–Crippen MR) is 92.1 cm³/mol. The lowest BCUT2D eigenvalue weighted by Crippen LogP contribution is -2.35. The Morgan fingerprint density at radius 1 is 1.12 bits per heavy atom. The maximum Gasteiger partial charge on any atom is 0.250 e. The number of amides is 1. The number of carbonyl (C=O) groups excluding carboxylic acids is 2. The molecule has 2 aliphatic rings. The Bertz CT molecular complexity index is 758. The summed E-state index contributed by atoms with van der Waals surface area (Å²) < 4.78 is 1.72. The van der Waals surface area contributed by atoms with Gasteiger partial charge < -0.3 is 9.88 Å². The van der Waals surface area contributed by atoms with Crippen LogP contribution in [0.3, 0.4) is 0 Å². The van der Waals surface area contributed by atoms with Gasteiger partial charge in [0.25, 0.3) is 5.56 Å². The molecule has 5 nitrogen and oxygen atoms in total. The Balaban J connectivity index is 1.87. The maximum atomic E-state index is 12.4. The first-order valence-corrected chi connectivity index (χ1v) is 8.66. The third-order valence-corrected chi connectivity index (χ3v) is 5.17. The van der Waals surface area contributed by atoms with E-state index in [1.54, 1.807) is 10.6 Å². The Morgan fingerprint density at radius 3 is 2.46 bits per heavy atom. The van der Waals surface area contributed by atoms with E-state index in [-0.39, 0.29) is 34.1 Å². The standard InChI is InChI=1S/C19H26N2O3/c1-18(2)10-14-13(15(22)11-18)5-6-16(23)21(14)8-7-12-9-19(3,4)20-17(12)24/h5-6,12H,7-11H2,1-4H3,(H,20,24). The number of aromatic nitrogens is 1. The molecule has 0 aromatic carbocycles. The van der Waals surface area contributed by atoms with Crippen LogP contribution in [0.5, 0.6) is 0 Å². The van der Waals surface area contributed by atoms with Crippen molar-refractivity contribution < 1.29 is 9.59 Å². The van der Waals surface area contributed by atoms with Crippen LogP contribution in [0.4, 0.5) is 0 Å². The summed E-state index contributed by atoms with van der Waals surface area (Å²) in [6, 6.07) is 3.14. The molecule has 2 heterocycles. The van der Waals surface area contributed by atoms with Crippen molar-refractivity contribution in [3.05, 3.63) is 33.7 Å². The summed E-state index contributed by atoms with van der Waals surface area (Å²) in [6.07, 6.45) is 2.63. The fourth-order valence-electron chi connectivity index (χ4n) is 4.07. The van der Waals surface area contributed by atoms with Gasteiger partial charge in [-0.1, -0.05) is 13.8 Å². The molecule has 0 spiro atoms. The van der Waals surface area contributed by atoms with Crippen molar-refractivity contribution in [2.45, 2.75) is 65.5 Å². The quantitative estimate of drug-likeness (QED) is 0.925. The van der Waals surface area contributed by atoms with Gasteiger partial charge in [-0.15, -0.1) is 0 Å². The Hall–Kier alpha value is -1.91. The van der Waals surface area contributed by atoms with Gasteiger partial charge in [0.2, 0.25) is 5.91 Å². The second-order valence-electron chi connectivity index (χ2n) is 8.69. The van der Waals surface area contributed by atoms with E-state index in [0.717, 1.165) is 12.1 Å². The first-order valence-electron chi connectivity index (χ1n) is 8.66. The first kappa shape index (κ1) is 16.9. The molecule has 1 aliphatic carbocycles. The van der Waals surface area contributed by atoms with Crippen molar-refractivity contribution >= 4 is 11.7 Å². The molecule has 5 heteroatoms. The van der Waals surface area contributed by atoms with Crippen LogP contribution in [0.2, 0.25) is 0 Å². The molecule has 1 aromatic rings. The van der Waals surface area contributed by atoms with Crippen LogP contribution in [-0.4, -0.2) is 21.8 Å².